The fourth-order valence-electron chi connectivity index (χ4n) is 6.78. The number of aromatic carboxylic acids is 1. The first-order chi connectivity index (χ1) is 23.3. The van der Waals surface area contributed by atoms with E-state index in [2.05, 4.69) is 20.6 Å². The Labute approximate surface area is 275 Å². The number of rotatable bonds is 8. The molecule has 2 fully saturated rings. The zero-order valence-corrected chi connectivity index (χ0v) is 25.6. The maximum atomic E-state index is 14.8. The van der Waals surface area contributed by atoms with E-state index in [1.807, 2.05) is 6.08 Å². The van der Waals surface area contributed by atoms with Crippen molar-refractivity contribution in [2.75, 3.05) is 12.4 Å². The summed E-state index contributed by atoms with van der Waals surface area (Å²) in [6.45, 7) is 0. The van der Waals surface area contributed by atoms with Gasteiger partial charge in [0.25, 0.3) is 5.91 Å². The van der Waals surface area contributed by atoms with Gasteiger partial charge in [0.15, 0.2) is 0 Å². The fraction of sp³-hybridized carbons (Fsp3) is 0.229. The highest BCUT2D eigenvalue weighted by Gasteiger charge is 2.54. The van der Waals surface area contributed by atoms with Crippen molar-refractivity contribution >= 4 is 29.5 Å². The highest BCUT2D eigenvalue weighted by molar-refractivity contribution is 6.00. The van der Waals surface area contributed by atoms with Crippen molar-refractivity contribution in [1.29, 1.82) is 0 Å². The molecule has 0 aliphatic heterocycles. The van der Waals surface area contributed by atoms with Crippen molar-refractivity contribution in [1.82, 2.24) is 15.3 Å². The van der Waals surface area contributed by atoms with Crippen LogP contribution >= 0.6 is 0 Å². The number of carbonyl (C=O) groups is 3. The predicted molar refractivity (Wildman–Crippen MR) is 166 cm³/mol. The summed E-state index contributed by atoms with van der Waals surface area (Å²) in [5, 5.41) is 14.8. The van der Waals surface area contributed by atoms with Crippen LogP contribution in [-0.4, -0.2) is 46.0 Å². The number of benzene rings is 3. The summed E-state index contributed by atoms with van der Waals surface area (Å²) in [5.74, 6) is -6.46. The number of anilines is 1. The molecule has 3 aromatic carbocycles. The van der Waals surface area contributed by atoms with E-state index in [1.54, 1.807) is 12.4 Å². The fourth-order valence-corrected chi connectivity index (χ4v) is 6.78. The number of alkyl halides is 3. The first-order valence-corrected chi connectivity index (χ1v) is 15.0. The number of carboxylic acids is 1. The van der Waals surface area contributed by atoms with Crippen LogP contribution in [0.4, 0.5) is 27.6 Å². The lowest BCUT2D eigenvalue weighted by Gasteiger charge is -2.30. The molecule has 0 saturated heterocycles. The van der Waals surface area contributed by atoms with Crippen LogP contribution in [0, 0.1) is 29.4 Å². The maximum Gasteiger partial charge on any atom is 0.419 e. The molecule has 49 heavy (non-hydrogen) atoms. The monoisotopic (exact) mass is 678 g/mol. The van der Waals surface area contributed by atoms with Crippen LogP contribution in [0.1, 0.15) is 44.7 Å². The van der Waals surface area contributed by atoms with Gasteiger partial charge in [0, 0.05) is 41.2 Å². The summed E-state index contributed by atoms with van der Waals surface area (Å²) >= 11 is 0. The Bertz CT molecular complexity index is 1990. The molecule has 0 spiro atoms. The Morgan fingerprint density at radius 3 is 2.35 bits per heavy atom. The Kier molecular flexibility index (Phi) is 8.88. The SMILES string of the molecule is COc1ccc(-c2cc(C(=O)O)ccc2F)cc1C(=O)N[C@@H]1C2CCC(/C2=C/c2cncnc2)[C@@H]1C(=O)Nc1ccc(F)c(C(F)(F)F)c1. The van der Waals surface area contributed by atoms with Gasteiger partial charge in [0.2, 0.25) is 5.91 Å². The van der Waals surface area contributed by atoms with Gasteiger partial charge < -0.3 is 20.5 Å². The number of ether oxygens (including phenoxy) is 1. The van der Waals surface area contributed by atoms with Gasteiger partial charge in [-0.25, -0.2) is 23.5 Å². The summed E-state index contributed by atoms with van der Waals surface area (Å²) in [5.41, 5.74) is -0.411. The number of nitrogens with one attached hydrogen (secondary N) is 2. The van der Waals surface area contributed by atoms with Crippen molar-refractivity contribution in [3.8, 4) is 16.9 Å². The van der Waals surface area contributed by atoms with E-state index in [1.165, 1.54) is 31.6 Å². The van der Waals surface area contributed by atoms with Crippen LogP contribution in [-0.2, 0) is 11.0 Å². The highest BCUT2D eigenvalue weighted by atomic mass is 19.4. The summed E-state index contributed by atoms with van der Waals surface area (Å²) in [6.07, 6.45) is 2.47. The van der Waals surface area contributed by atoms with Crippen LogP contribution in [0.2, 0.25) is 0 Å². The molecule has 4 atom stereocenters. The van der Waals surface area contributed by atoms with Crippen molar-refractivity contribution in [3.05, 3.63) is 113 Å². The first-order valence-electron chi connectivity index (χ1n) is 15.0. The third-order valence-electron chi connectivity index (χ3n) is 8.92. The standard InChI is InChI=1S/C35H27F5N4O5/c1-49-29-9-3-18(23-12-19(34(47)48)2-7-27(23)36)11-25(29)32(45)44-31-22-6-5-21(24(22)10-17-14-41-16-42-15-17)30(31)33(46)43-20-4-8-28(37)26(13-20)35(38,39)40/h2-4,7-16,21-22,30-31H,5-6H2,1H3,(H,43,46)(H,44,45)(H,47,48)/b24-10-/t21?,22?,30-,31+/m0/s1. The quantitative estimate of drug-likeness (QED) is 0.179. The molecular formula is C35H27F5N4O5. The van der Waals surface area contributed by atoms with E-state index in [0.29, 0.717) is 30.5 Å². The lowest BCUT2D eigenvalue weighted by Crippen LogP contribution is -2.48. The van der Waals surface area contributed by atoms with Crippen LogP contribution in [0.25, 0.3) is 17.2 Å². The number of aromatic nitrogens is 2. The van der Waals surface area contributed by atoms with E-state index in [-0.39, 0.29) is 39.6 Å². The van der Waals surface area contributed by atoms with Crippen LogP contribution < -0.4 is 15.4 Å². The number of carbonyl (C=O) groups excluding carboxylic acids is 2. The molecule has 1 heterocycles. The van der Waals surface area contributed by atoms with E-state index >= 15 is 0 Å². The molecule has 2 unspecified atom stereocenters. The number of carboxylic acid groups (broad SMARTS) is 1. The van der Waals surface area contributed by atoms with Crippen molar-refractivity contribution < 1.29 is 46.2 Å². The van der Waals surface area contributed by atoms with Crippen LogP contribution in [0.5, 0.6) is 5.75 Å². The summed E-state index contributed by atoms with van der Waals surface area (Å²) in [4.78, 5) is 47.4. The minimum absolute atomic E-state index is 0.0302. The van der Waals surface area contributed by atoms with Gasteiger partial charge in [0.05, 0.1) is 29.7 Å². The van der Waals surface area contributed by atoms with Gasteiger partial charge in [0.1, 0.15) is 23.7 Å². The molecule has 0 radical (unpaired) electrons. The average Bonchev–Trinajstić information content (AvgIpc) is 3.59. The highest BCUT2D eigenvalue weighted by Crippen LogP contribution is 2.53. The number of methoxy groups -OCH3 is 1. The van der Waals surface area contributed by atoms with Gasteiger partial charge in [-0.15, -0.1) is 0 Å². The normalized spacial score (nSPS) is 20.7. The largest absolute Gasteiger partial charge is 0.496 e. The molecule has 4 aromatic rings. The molecule has 3 N–H and O–H groups in total. The summed E-state index contributed by atoms with van der Waals surface area (Å²) < 4.78 is 74.5. The molecule has 2 aliphatic carbocycles. The van der Waals surface area contributed by atoms with E-state index < -0.39 is 59.0 Å². The topological polar surface area (TPSA) is 131 Å². The zero-order valence-electron chi connectivity index (χ0n) is 25.6. The Morgan fingerprint density at radius 1 is 0.939 bits per heavy atom. The second-order valence-electron chi connectivity index (χ2n) is 11.7. The lowest BCUT2D eigenvalue weighted by molar-refractivity contribution is -0.140. The van der Waals surface area contributed by atoms with Gasteiger partial charge in [-0.3, -0.25) is 9.59 Å². The van der Waals surface area contributed by atoms with Crippen molar-refractivity contribution in [2.45, 2.75) is 25.1 Å². The van der Waals surface area contributed by atoms with Gasteiger partial charge >= 0.3 is 12.1 Å². The number of nitrogens with zero attached hydrogens (tertiary/aromatic N) is 2. The number of hydrogen-bond donors (Lipinski definition) is 3. The van der Waals surface area contributed by atoms with E-state index in [0.717, 1.165) is 29.8 Å². The third kappa shape index (κ3) is 6.58. The first kappa shape index (κ1) is 33.2. The molecule has 2 amide bonds. The van der Waals surface area contributed by atoms with E-state index in [4.69, 9.17) is 4.74 Å². The number of fused-ring (bicyclic) bond motifs is 2. The molecule has 9 nitrogen and oxygen atoms in total. The van der Waals surface area contributed by atoms with Gasteiger partial charge in [-0.1, -0.05) is 17.7 Å². The second-order valence-corrected chi connectivity index (χ2v) is 11.7. The lowest BCUT2D eigenvalue weighted by atomic mass is 9.83. The maximum absolute atomic E-state index is 14.8. The third-order valence-corrected chi connectivity index (χ3v) is 8.92. The van der Waals surface area contributed by atoms with Crippen molar-refractivity contribution in [2.24, 2.45) is 17.8 Å². The van der Waals surface area contributed by atoms with Crippen LogP contribution in [0.3, 0.4) is 0 Å². The average molecular weight is 679 g/mol. The number of hydrogen-bond acceptors (Lipinski definition) is 6. The zero-order chi connectivity index (χ0) is 35.0. The Balaban J connectivity index is 1.36. The molecule has 252 valence electrons. The minimum atomic E-state index is -4.99. The molecule has 2 aliphatic rings. The molecule has 6 rings (SSSR count). The number of halogens is 5. The smallest absolute Gasteiger partial charge is 0.419 e. The second kappa shape index (κ2) is 13.1. The molecule has 1 aromatic heterocycles. The predicted octanol–water partition coefficient (Wildman–Crippen LogP) is 6.62. The van der Waals surface area contributed by atoms with Crippen LogP contribution in [0.15, 0.2) is 78.9 Å². The Morgan fingerprint density at radius 2 is 1.65 bits per heavy atom. The summed E-state index contributed by atoms with van der Waals surface area (Å²) in [7, 11) is 1.33. The minimum Gasteiger partial charge on any atom is -0.496 e. The summed E-state index contributed by atoms with van der Waals surface area (Å²) in [6, 6.07) is 8.81. The van der Waals surface area contributed by atoms with Gasteiger partial charge in [-0.2, -0.15) is 13.2 Å². The van der Waals surface area contributed by atoms with Gasteiger partial charge in [-0.05, 0) is 72.9 Å². The van der Waals surface area contributed by atoms with E-state index in [9.17, 15) is 41.4 Å². The Hall–Kier alpha value is -5.66. The van der Waals surface area contributed by atoms with Crippen molar-refractivity contribution in [3.63, 3.8) is 0 Å². The number of amides is 2. The molecule has 2 saturated carbocycles. The molecule has 14 heteroatoms. The molecule has 2 bridgehead atoms. The molecular weight excluding hydrogens is 651 g/mol.